The predicted octanol–water partition coefficient (Wildman–Crippen LogP) is 5.88. The molecule has 8 heteroatoms. The molecule has 31 heavy (non-hydrogen) atoms. The number of aryl methyl sites for hydroxylation is 1. The molecule has 3 nitrogen and oxygen atoms in total. The van der Waals surface area contributed by atoms with Crippen LogP contribution >= 0.6 is 11.6 Å². The van der Waals surface area contributed by atoms with Gasteiger partial charge in [0.2, 0.25) is 0 Å². The maximum Gasteiger partial charge on any atom is 0.416 e. The first-order valence-electron chi connectivity index (χ1n) is 10.3. The van der Waals surface area contributed by atoms with E-state index in [1.807, 2.05) is 0 Å². The Kier molecular flexibility index (Phi) is 7.59. The second kappa shape index (κ2) is 10.0. The molecule has 0 aromatic heterocycles. The Morgan fingerprint density at radius 1 is 1.13 bits per heavy atom. The molecule has 0 radical (unpaired) electrons. The molecular weight excluding hydrogens is 432 g/mol. The van der Waals surface area contributed by atoms with Gasteiger partial charge in [0, 0.05) is 35.3 Å². The first-order chi connectivity index (χ1) is 14.6. The van der Waals surface area contributed by atoms with Gasteiger partial charge in [-0.3, -0.25) is 4.79 Å². The Balaban J connectivity index is 1.46. The molecule has 3 rings (SSSR count). The van der Waals surface area contributed by atoms with Gasteiger partial charge in [-0.05, 0) is 74.4 Å². The summed E-state index contributed by atoms with van der Waals surface area (Å²) >= 11 is 6.05. The number of carbonyl (C=O) groups is 1. The monoisotopic (exact) mass is 456 g/mol. The van der Waals surface area contributed by atoms with Crippen LogP contribution in [0.4, 0.5) is 17.6 Å². The minimum atomic E-state index is -4.49. The van der Waals surface area contributed by atoms with Gasteiger partial charge >= 0.3 is 6.18 Å². The van der Waals surface area contributed by atoms with Crippen LogP contribution in [0.15, 0.2) is 36.4 Å². The number of benzene rings is 2. The molecule has 0 bridgehead atoms. The van der Waals surface area contributed by atoms with Gasteiger partial charge in [-0.1, -0.05) is 17.7 Å². The lowest BCUT2D eigenvalue weighted by Crippen LogP contribution is -2.37. The molecule has 2 aromatic rings. The predicted molar refractivity (Wildman–Crippen MR) is 113 cm³/mol. The topological polar surface area (TPSA) is 41.1 Å². The summed E-state index contributed by atoms with van der Waals surface area (Å²) in [5.41, 5.74) is 0.0417. The highest BCUT2D eigenvalue weighted by Crippen LogP contribution is 2.31. The van der Waals surface area contributed by atoms with Crippen molar-refractivity contribution in [1.29, 1.82) is 0 Å². The Bertz CT molecular complexity index is 904. The van der Waals surface area contributed by atoms with Gasteiger partial charge in [0.15, 0.2) is 0 Å². The van der Waals surface area contributed by atoms with Crippen LogP contribution in [0.1, 0.15) is 52.7 Å². The highest BCUT2D eigenvalue weighted by Gasteiger charge is 2.31. The fourth-order valence-corrected chi connectivity index (χ4v) is 4.17. The molecule has 1 amide bonds. The lowest BCUT2D eigenvalue weighted by molar-refractivity contribution is -0.137. The number of hydrogen-bond acceptors (Lipinski definition) is 2. The van der Waals surface area contributed by atoms with E-state index in [4.69, 9.17) is 11.6 Å². The first kappa shape index (κ1) is 23.5. The number of carbonyl (C=O) groups excluding carboxylic acids is 1. The molecule has 168 valence electrons. The van der Waals surface area contributed by atoms with Gasteiger partial charge in [-0.2, -0.15) is 13.2 Å². The average molecular weight is 457 g/mol. The van der Waals surface area contributed by atoms with E-state index in [-0.39, 0.29) is 23.3 Å². The number of rotatable bonds is 6. The van der Waals surface area contributed by atoms with Gasteiger partial charge in [-0.25, -0.2) is 4.39 Å². The van der Waals surface area contributed by atoms with Crippen molar-refractivity contribution in [3.05, 3.63) is 69.5 Å². The summed E-state index contributed by atoms with van der Waals surface area (Å²) in [5.74, 6) is -0.573. The van der Waals surface area contributed by atoms with Gasteiger partial charge in [0.25, 0.3) is 5.91 Å². The molecule has 0 saturated heterocycles. The molecular formula is C23H25ClF4N2O. The summed E-state index contributed by atoms with van der Waals surface area (Å²) in [6.07, 6.45) is -1.01. The second-order valence-electron chi connectivity index (χ2n) is 8.09. The Morgan fingerprint density at radius 2 is 1.84 bits per heavy atom. The maximum atomic E-state index is 13.9. The van der Waals surface area contributed by atoms with E-state index in [0.717, 1.165) is 37.8 Å². The van der Waals surface area contributed by atoms with Crippen LogP contribution in [-0.4, -0.2) is 18.5 Å². The zero-order valence-corrected chi connectivity index (χ0v) is 17.9. The van der Waals surface area contributed by atoms with Crippen molar-refractivity contribution in [2.45, 2.75) is 51.4 Å². The Labute approximate surface area is 184 Å². The van der Waals surface area contributed by atoms with Crippen molar-refractivity contribution in [1.82, 2.24) is 10.6 Å². The third-order valence-electron chi connectivity index (χ3n) is 5.69. The van der Waals surface area contributed by atoms with E-state index in [9.17, 15) is 22.4 Å². The molecule has 1 saturated carbocycles. The van der Waals surface area contributed by atoms with Crippen LogP contribution in [0.5, 0.6) is 0 Å². The van der Waals surface area contributed by atoms with Crippen LogP contribution in [-0.2, 0) is 12.7 Å². The highest BCUT2D eigenvalue weighted by molar-refractivity contribution is 6.31. The Morgan fingerprint density at radius 3 is 2.48 bits per heavy atom. The van der Waals surface area contributed by atoms with Crippen LogP contribution in [0.2, 0.25) is 5.02 Å². The van der Waals surface area contributed by atoms with E-state index in [1.54, 1.807) is 12.1 Å². The molecule has 0 heterocycles. The highest BCUT2D eigenvalue weighted by atomic mass is 35.5. The largest absolute Gasteiger partial charge is 0.416 e. The minimum Gasteiger partial charge on any atom is -0.352 e. The van der Waals surface area contributed by atoms with Crippen molar-refractivity contribution in [2.75, 3.05) is 6.54 Å². The molecule has 2 aromatic carbocycles. The van der Waals surface area contributed by atoms with Crippen LogP contribution in [0.3, 0.4) is 0 Å². The van der Waals surface area contributed by atoms with E-state index in [2.05, 4.69) is 10.6 Å². The van der Waals surface area contributed by atoms with Gasteiger partial charge in [-0.15, -0.1) is 0 Å². The summed E-state index contributed by atoms with van der Waals surface area (Å²) in [6.45, 7) is 2.31. The molecule has 0 aliphatic heterocycles. The van der Waals surface area contributed by atoms with Crippen LogP contribution in [0, 0.1) is 18.7 Å². The first-order valence-corrected chi connectivity index (χ1v) is 10.6. The van der Waals surface area contributed by atoms with Crippen molar-refractivity contribution >= 4 is 17.5 Å². The normalized spacial score (nSPS) is 19.3. The zero-order valence-electron chi connectivity index (χ0n) is 17.2. The van der Waals surface area contributed by atoms with Crippen molar-refractivity contribution < 1.29 is 22.4 Å². The second-order valence-corrected chi connectivity index (χ2v) is 8.50. The van der Waals surface area contributed by atoms with E-state index in [1.165, 1.54) is 19.1 Å². The van der Waals surface area contributed by atoms with E-state index in [0.29, 0.717) is 29.2 Å². The zero-order chi connectivity index (χ0) is 22.6. The van der Waals surface area contributed by atoms with Crippen molar-refractivity contribution in [3.8, 4) is 0 Å². The minimum absolute atomic E-state index is 0.0180. The quantitative estimate of drug-likeness (QED) is 0.532. The molecule has 1 aliphatic rings. The van der Waals surface area contributed by atoms with E-state index >= 15 is 0 Å². The van der Waals surface area contributed by atoms with Crippen molar-refractivity contribution in [3.63, 3.8) is 0 Å². The van der Waals surface area contributed by atoms with Crippen LogP contribution < -0.4 is 10.6 Å². The number of alkyl halides is 3. The number of nitrogens with one attached hydrogen (secondary N) is 2. The molecule has 0 atom stereocenters. The molecule has 2 N–H and O–H groups in total. The average Bonchev–Trinajstić information content (AvgIpc) is 2.71. The molecule has 1 aliphatic carbocycles. The van der Waals surface area contributed by atoms with E-state index < -0.39 is 17.6 Å². The lowest BCUT2D eigenvalue weighted by atomic mass is 9.86. The lowest BCUT2D eigenvalue weighted by Gasteiger charge is -2.29. The summed E-state index contributed by atoms with van der Waals surface area (Å²) in [5, 5.41) is 6.50. The van der Waals surface area contributed by atoms with Gasteiger partial charge in [0.05, 0.1) is 5.56 Å². The molecule has 0 spiro atoms. The van der Waals surface area contributed by atoms with Gasteiger partial charge < -0.3 is 10.6 Å². The van der Waals surface area contributed by atoms with Gasteiger partial charge in [0.1, 0.15) is 5.82 Å². The number of amides is 1. The van der Waals surface area contributed by atoms with Crippen LogP contribution in [0.25, 0.3) is 0 Å². The Hall–Kier alpha value is -2.12. The smallest absolute Gasteiger partial charge is 0.352 e. The standard InChI is InChI=1S/C23H25ClF4N2O/c1-14-9-16(11-17(10-14)23(26,27)28)22(31)30-12-15-5-7-18(8-6-15)29-13-19-20(24)3-2-4-21(19)25/h2-4,9-11,15,18,29H,5-8,12-13H2,1H3,(H,30,31)/t15-,18+. The third kappa shape index (κ3) is 6.43. The summed E-state index contributed by atoms with van der Waals surface area (Å²) < 4.78 is 52.8. The summed E-state index contributed by atoms with van der Waals surface area (Å²) in [6, 6.07) is 8.22. The summed E-state index contributed by atoms with van der Waals surface area (Å²) in [4.78, 5) is 12.4. The molecule has 0 unspecified atom stereocenters. The fraction of sp³-hybridized carbons (Fsp3) is 0.435. The fourth-order valence-electron chi connectivity index (χ4n) is 3.94. The summed E-state index contributed by atoms with van der Waals surface area (Å²) in [7, 11) is 0. The molecule has 1 fully saturated rings. The third-order valence-corrected chi connectivity index (χ3v) is 6.05. The van der Waals surface area contributed by atoms with Crippen molar-refractivity contribution in [2.24, 2.45) is 5.92 Å². The maximum absolute atomic E-state index is 13.9. The number of hydrogen-bond donors (Lipinski definition) is 2. The number of halogens is 5. The SMILES string of the molecule is Cc1cc(C(=O)NC[C@H]2CC[C@@H](NCc3c(F)cccc3Cl)CC2)cc(C(F)(F)F)c1.